The first-order valence-electron chi connectivity index (χ1n) is 12.1. The van der Waals surface area contributed by atoms with Gasteiger partial charge >= 0.3 is 0 Å². The number of nitrogens with zero attached hydrogens (tertiary/aromatic N) is 3. The van der Waals surface area contributed by atoms with Crippen molar-refractivity contribution in [3.63, 3.8) is 0 Å². The average molecular weight is 420 g/mol. The lowest BCUT2D eigenvalue weighted by Gasteiger charge is -2.34. The van der Waals surface area contributed by atoms with E-state index in [0.29, 0.717) is 5.91 Å². The van der Waals surface area contributed by atoms with Crippen LogP contribution in [0.5, 0.6) is 0 Å². The standard InChI is InChI=1S/C27H37N3O/c31-27(26-15-8-17-29(23-26)22-25-12-5-2-6-13-25)30-19-9-18-28(20-21-30)16-7-14-24-10-3-1-4-11-24/h1-6,10-13,26H,7-9,14-23H2. The fourth-order valence-corrected chi connectivity index (χ4v) is 5.07. The predicted molar refractivity (Wildman–Crippen MR) is 127 cm³/mol. The maximum absolute atomic E-state index is 13.3. The van der Waals surface area contributed by atoms with Crippen molar-refractivity contribution in [2.24, 2.45) is 5.92 Å². The van der Waals surface area contributed by atoms with Crippen molar-refractivity contribution in [3.8, 4) is 0 Å². The Kier molecular flexibility index (Phi) is 8.14. The van der Waals surface area contributed by atoms with Gasteiger partial charge in [-0.05, 0) is 62.9 Å². The van der Waals surface area contributed by atoms with E-state index in [9.17, 15) is 4.79 Å². The van der Waals surface area contributed by atoms with Crippen molar-refractivity contribution < 1.29 is 4.79 Å². The van der Waals surface area contributed by atoms with Crippen LogP contribution in [0.3, 0.4) is 0 Å². The van der Waals surface area contributed by atoms with E-state index in [4.69, 9.17) is 0 Å². The van der Waals surface area contributed by atoms with Gasteiger partial charge < -0.3 is 9.80 Å². The number of amides is 1. The quantitative estimate of drug-likeness (QED) is 0.677. The summed E-state index contributed by atoms with van der Waals surface area (Å²) < 4.78 is 0. The van der Waals surface area contributed by atoms with Crippen LogP contribution < -0.4 is 0 Å². The number of carbonyl (C=O) groups is 1. The first-order chi connectivity index (χ1) is 15.3. The van der Waals surface area contributed by atoms with Crippen LogP contribution in [0.1, 0.15) is 36.8 Å². The molecule has 2 aromatic carbocycles. The van der Waals surface area contributed by atoms with Gasteiger partial charge in [-0.3, -0.25) is 9.69 Å². The summed E-state index contributed by atoms with van der Waals surface area (Å²) in [5.74, 6) is 0.561. The molecule has 0 radical (unpaired) electrons. The Balaban J connectivity index is 1.22. The number of piperidine rings is 1. The number of likely N-dealkylation sites (tertiary alicyclic amines) is 1. The Morgan fingerprint density at radius 1 is 0.774 bits per heavy atom. The molecule has 2 heterocycles. The largest absolute Gasteiger partial charge is 0.341 e. The molecule has 1 amide bonds. The predicted octanol–water partition coefficient (Wildman–Crippen LogP) is 4.07. The molecule has 2 fully saturated rings. The summed E-state index contributed by atoms with van der Waals surface area (Å²) in [5.41, 5.74) is 2.77. The molecule has 2 aromatic rings. The minimum absolute atomic E-state index is 0.169. The second-order valence-corrected chi connectivity index (χ2v) is 9.17. The zero-order valence-electron chi connectivity index (χ0n) is 18.8. The van der Waals surface area contributed by atoms with Crippen LogP contribution in [-0.4, -0.2) is 66.4 Å². The zero-order valence-corrected chi connectivity index (χ0v) is 18.8. The highest BCUT2D eigenvalue weighted by molar-refractivity contribution is 5.79. The van der Waals surface area contributed by atoms with E-state index in [-0.39, 0.29) is 5.92 Å². The molecule has 2 aliphatic rings. The van der Waals surface area contributed by atoms with Gasteiger partial charge in [0.25, 0.3) is 0 Å². The number of carbonyl (C=O) groups excluding carboxylic acids is 1. The van der Waals surface area contributed by atoms with E-state index in [1.807, 2.05) is 0 Å². The second-order valence-electron chi connectivity index (χ2n) is 9.17. The smallest absolute Gasteiger partial charge is 0.227 e. The molecule has 166 valence electrons. The number of hydrogen-bond acceptors (Lipinski definition) is 3. The van der Waals surface area contributed by atoms with Gasteiger partial charge in [-0.25, -0.2) is 0 Å². The van der Waals surface area contributed by atoms with E-state index >= 15 is 0 Å². The van der Waals surface area contributed by atoms with Crippen LogP contribution >= 0.6 is 0 Å². The van der Waals surface area contributed by atoms with Crippen LogP contribution in [0.2, 0.25) is 0 Å². The van der Waals surface area contributed by atoms with Crippen LogP contribution in [-0.2, 0) is 17.8 Å². The molecule has 0 N–H and O–H groups in total. The summed E-state index contributed by atoms with van der Waals surface area (Å²) in [6, 6.07) is 21.4. The van der Waals surface area contributed by atoms with Crippen molar-refractivity contribution in [1.29, 1.82) is 0 Å². The van der Waals surface area contributed by atoms with Gasteiger partial charge in [0.2, 0.25) is 5.91 Å². The van der Waals surface area contributed by atoms with Crippen molar-refractivity contribution in [2.45, 2.75) is 38.6 Å². The first kappa shape index (κ1) is 22.0. The van der Waals surface area contributed by atoms with E-state index in [1.165, 1.54) is 17.5 Å². The minimum atomic E-state index is 0.169. The van der Waals surface area contributed by atoms with E-state index in [1.54, 1.807) is 0 Å². The van der Waals surface area contributed by atoms with Crippen LogP contribution in [0.4, 0.5) is 0 Å². The highest BCUT2D eigenvalue weighted by atomic mass is 16.2. The van der Waals surface area contributed by atoms with Gasteiger partial charge in [0, 0.05) is 32.7 Å². The van der Waals surface area contributed by atoms with Crippen LogP contribution in [0, 0.1) is 5.92 Å². The summed E-state index contributed by atoms with van der Waals surface area (Å²) in [7, 11) is 0. The number of hydrogen-bond donors (Lipinski definition) is 0. The van der Waals surface area contributed by atoms with Gasteiger partial charge in [0.05, 0.1) is 5.92 Å². The molecule has 2 aliphatic heterocycles. The van der Waals surface area contributed by atoms with Crippen LogP contribution in [0.15, 0.2) is 60.7 Å². The maximum atomic E-state index is 13.3. The fourth-order valence-electron chi connectivity index (χ4n) is 5.07. The maximum Gasteiger partial charge on any atom is 0.227 e. The van der Waals surface area contributed by atoms with Gasteiger partial charge in [-0.1, -0.05) is 60.7 Å². The van der Waals surface area contributed by atoms with Gasteiger partial charge in [-0.15, -0.1) is 0 Å². The molecule has 4 nitrogen and oxygen atoms in total. The lowest BCUT2D eigenvalue weighted by Crippen LogP contribution is -2.45. The summed E-state index contributed by atoms with van der Waals surface area (Å²) in [6.07, 6.45) is 5.59. The summed E-state index contributed by atoms with van der Waals surface area (Å²) in [6.45, 7) is 8.04. The molecule has 4 heteroatoms. The van der Waals surface area contributed by atoms with Gasteiger partial charge in [0.15, 0.2) is 0 Å². The Morgan fingerprint density at radius 3 is 2.26 bits per heavy atom. The molecular weight excluding hydrogens is 382 g/mol. The Morgan fingerprint density at radius 2 is 1.48 bits per heavy atom. The Labute approximate surface area is 187 Å². The van der Waals surface area contributed by atoms with Gasteiger partial charge in [-0.2, -0.15) is 0 Å². The molecule has 2 saturated heterocycles. The molecule has 0 spiro atoms. The molecular formula is C27H37N3O. The summed E-state index contributed by atoms with van der Waals surface area (Å²) in [5, 5.41) is 0. The lowest BCUT2D eigenvalue weighted by atomic mass is 9.96. The zero-order chi connectivity index (χ0) is 21.3. The van der Waals surface area contributed by atoms with Crippen LogP contribution in [0.25, 0.3) is 0 Å². The molecule has 0 aliphatic carbocycles. The molecule has 1 unspecified atom stereocenters. The van der Waals surface area contributed by atoms with Crippen molar-refractivity contribution in [3.05, 3.63) is 71.8 Å². The molecule has 0 bridgehead atoms. The first-order valence-corrected chi connectivity index (χ1v) is 12.1. The average Bonchev–Trinajstić information content (AvgIpc) is 3.06. The molecule has 1 atom stereocenters. The van der Waals surface area contributed by atoms with E-state index < -0.39 is 0 Å². The molecule has 0 aromatic heterocycles. The van der Waals surface area contributed by atoms with Crippen molar-refractivity contribution in [1.82, 2.24) is 14.7 Å². The number of benzene rings is 2. The lowest BCUT2D eigenvalue weighted by molar-refractivity contribution is -0.137. The van der Waals surface area contributed by atoms with Crippen molar-refractivity contribution >= 4 is 5.91 Å². The molecule has 0 saturated carbocycles. The van der Waals surface area contributed by atoms with E-state index in [0.717, 1.165) is 78.0 Å². The Bertz CT molecular complexity index is 795. The van der Waals surface area contributed by atoms with E-state index in [2.05, 4.69) is 75.4 Å². The fraction of sp³-hybridized carbons (Fsp3) is 0.519. The second kappa shape index (κ2) is 11.4. The SMILES string of the molecule is O=C(C1CCCN(Cc2ccccc2)C1)N1CCCN(CCCc2ccccc2)CC1. The Hall–Kier alpha value is -2.17. The third-order valence-electron chi connectivity index (χ3n) is 6.79. The highest BCUT2D eigenvalue weighted by Crippen LogP contribution is 2.21. The third kappa shape index (κ3) is 6.65. The molecule has 4 rings (SSSR count). The normalized spacial score (nSPS) is 21.0. The number of aryl methyl sites for hydroxylation is 1. The summed E-state index contributed by atoms with van der Waals surface area (Å²) >= 11 is 0. The minimum Gasteiger partial charge on any atom is -0.341 e. The van der Waals surface area contributed by atoms with Gasteiger partial charge in [0.1, 0.15) is 0 Å². The highest BCUT2D eigenvalue weighted by Gasteiger charge is 2.30. The van der Waals surface area contributed by atoms with Crippen molar-refractivity contribution in [2.75, 3.05) is 45.8 Å². The number of rotatable bonds is 7. The monoisotopic (exact) mass is 419 g/mol. The molecule has 31 heavy (non-hydrogen) atoms. The summed E-state index contributed by atoms with van der Waals surface area (Å²) in [4.78, 5) is 20.5. The topological polar surface area (TPSA) is 26.8 Å². The third-order valence-corrected chi connectivity index (χ3v) is 6.79.